The predicted octanol–water partition coefficient (Wildman–Crippen LogP) is 3.60. The molecular formula is C15H14N2O4. The SMILES string of the molecule is CCc1cccc(Nc2ccc(C(=O)O)cc2[N+](=O)[O-])c1. The lowest BCUT2D eigenvalue weighted by Crippen LogP contribution is -2.02. The van der Waals surface area contributed by atoms with Crippen LogP contribution in [0.25, 0.3) is 0 Å². The van der Waals surface area contributed by atoms with Gasteiger partial charge in [-0.1, -0.05) is 19.1 Å². The van der Waals surface area contributed by atoms with Crippen LogP contribution in [0.1, 0.15) is 22.8 Å². The maximum atomic E-state index is 11.1. The molecule has 2 rings (SSSR count). The predicted molar refractivity (Wildman–Crippen MR) is 79.2 cm³/mol. The van der Waals surface area contributed by atoms with Crippen LogP contribution in [0.2, 0.25) is 0 Å². The van der Waals surface area contributed by atoms with Gasteiger partial charge in [0.1, 0.15) is 5.69 Å². The number of aromatic carboxylic acids is 1. The van der Waals surface area contributed by atoms with Crippen LogP contribution in [0, 0.1) is 10.1 Å². The minimum absolute atomic E-state index is 0.116. The molecule has 108 valence electrons. The molecule has 0 unspecified atom stereocenters. The summed E-state index contributed by atoms with van der Waals surface area (Å²) in [5.74, 6) is -1.20. The van der Waals surface area contributed by atoms with E-state index in [-0.39, 0.29) is 16.9 Å². The van der Waals surface area contributed by atoms with Crippen molar-refractivity contribution >= 4 is 23.0 Å². The lowest BCUT2D eigenvalue weighted by atomic mass is 10.1. The van der Waals surface area contributed by atoms with E-state index in [0.717, 1.165) is 23.7 Å². The summed E-state index contributed by atoms with van der Waals surface area (Å²) in [5, 5.41) is 22.9. The van der Waals surface area contributed by atoms with Crippen molar-refractivity contribution in [2.24, 2.45) is 0 Å². The average Bonchev–Trinajstić information content (AvgIpc) is 2.47. The highest BCUT2D eigenvalue weighted by molar-refractivity contribution is 5.90. The zero-order valence-electron chi connectivity index (χ0n) is 11.4. The highest BCUT2D eigenvalue weighted by Gasteiger charge is 2.17. The van der Waals surface area contributed by atoms with E-state index in [2.05, 4.69) is 5.32 Å². The quantitative estimate of drug-likeness (QED) is 0.647. The molecule has 0 bridgehead atoms. The van der Waals surface area contributed by atoms with Crippen LogP contribution in [0.5, 0.6) is 0 Å². The summed E-state index contributed by atoms with van der Waals surface area (Å²) >= 11 is 0. The molecule has 6 nitrogen and oxygen atoms in total. The van der Waals surface area contributed by atoms with Crippen molar-refractivity contribution in [2.75, 3.05) is 5.32 Å². The Labute approximate surface area is 121 Å². The van der Waals surface area contributed by atoms with E-state index in [4.69, 9.17) is 5.11 Å². The number of rotatable bonds is 5. The van der Waals surface area contributed by atoms with E-state index in [1.807, 2.05) is 25.1 Å². The molecule has 2 aromatic carbocycles. The van der Waals surface area contributed by atoms with Crippen molar-refractivity contribution in [3.05, 3.63) is 63.7 Å². The molecule has 2 aromatic rings. The second-order valence-electron chi connectivity index (χ2n) is 4.47. The van der Waals surface area contributed by atoms with Gasteiger partial charge in [0.2, 0.25) is 0 Å². The van der Waals surface area contributed by atoms with Gasteiger partial charge in [0.25, 0.3) is 5.69 Å². The normalized spacial score (nSPS) is 10.1. The Hall–Kier alpha value is -2.89. The molecule has 0 saturated heterocycles. The largest absolute Gasteiger partial charge is 0.478 e. The number of carbonyl (C=O) groups is 1. The maximum absolute atomic E-state index is 11.1. The zero-order chi connectivity index (χ0) is 15.4. The molecule has 0 saturated carbocycles. The summed E-state index contributed by atoms with van der Waals surface area (Å²) in [6.45, 7) is 2.02. The number of anilines is 2. The minimum atomic E-state index is -1.20. The van der Waals surface area contributed by atoms with Gasteiger partial charge in [-0.15, -0.1) is 0 Å². The third-order valence-corrected chi connectivity index (χ3v) is 3.06. The third-order valence-electron chi connectivity index (χ3n) is 3.06. The topological polar surface area (TPSA) is 92.5 Å². The van der Waals surface area contributed by atoms with E-state index in [1.165, 1.54) is 12.1 Å². The number of hydrogen-bond donors (Lipinski definition) is 2. The van der Waals surface area contributed by atoms with Gasteiger partial charge in [-0.2, -0.15) is 0 Å². The number of nitro groups is 1. The molecule has 0 heterocycles. The molecule has 0 aliphatic carbocycles. The van der Waals surface area contributed by atoms with Crippen molar-refractivity contribution in [3.63, 3.8) is 0 Å². The van der Waals surface area contributed by atoms with Crippen LogP contribution in [0.15, 0.2) is 42.5 Å². The van der Waals surface area contributed by atoms with Gasteiger partial charge in [0.05, 0.1) is 10.5 Å². The first-order valence-corrected chi connectivity index (χ1v) is 6.39. The lowest BCUT2D eigenvalue weighted by Gasteiger charge is -2.09. The highest BCUT2D eigenvalue weighted by Crippen LogP contribution is 2.29. The maximum Gasteiger partial charge on any atom is 0.335 e. The molecule has 0 radical (unpaired) electrons. The summed E-state index contributed by atoms with van der Waals surface area (Å²) in [7, 11) is 0. The van der Waals surface area contributed by atoms with E-state index >= 15 is 0 Å². The van der Waals surface area contributed by atoms with E-state index < -0.39 is 10.9 Å². The Morgan fingerprint density at radius 1 is 1.29 bits per heavy atom. The van der Waals surface area contributed by atoms with Gasteiger partial charge in [0.15, 0.2) is 0 Å². The molecule has 0 spiro atoms. The smallest absolute Gasteiger partial charge is 0.335 e. The lowest BCUT2D eigenvalue weighted by molar-refractivity contribution is -0.383. The number of aryl methyl sites for hydroxylation is 1. The second-order valence-corrected chi connectivity index (χ2v) is 4.47. The van der Waals surface area contributed by atoms with Gasteiger partial charge in [-0.05, 0) is 36.2 Å². The fourth-order valence-corrected chi connectivity index (χ4v) is 1.95. The first-order valence-electron chi connectivity index (χ1n) is 6.39. The second kappa shape index (κ2) is 6.04. The monoisotopic (exact) mass is 286 g/mol. The standard InChI is InChI=1S/C15H14N2O4/c1-2-10-4-3-5-12(8-10)16-13-7-6-11(15(18)19)9-14(13)17(20)21/h3-9,16H,2H2,1H3,(H,18,19). The van der Waals surface area contributed by atoms with Crippen LogP contribution in [0.3, 0.4) is 0 Å². The molecule has 0 amide bonds. The summed E-state index contributed by atoms with van der Waals surface area (Å²) < 4.78 is 0. The van der Waals surface area contributed by atoms with Crippen molar-refractivity contribution in [1.29, 1.82) is 0 Å². The number of carboxylic acid groups (broad SMARTS) is 1. The Bertz CT molecular complexity index is 698. The Kier molecular flexibility index (Phi) is 4.18. The van der Waals surface area contributed by atoms with E-state index in [0.29, 0.717) is 0 Å². The number of carboxylic acids is 1. The Morgan fingerprint density at radius 2 is 2.05 bits per heavy atom. The molecular weight excluding hydrogens is 272 g/mol. The molecule has 0 atom stereocenters. The fraction of sp³-hybridized carbons (Fsp3) is 0.133. The number of nitro benzene ring substituents is 1. The number of nitrogens with one attached hydrogen (secondary N) is 1. The number of nitrogens with zero attached hydrogens (tertiary/aromatic N) is 1. The van der Waals surface area contributed by atoms with Crippen LogP contribution in [-0.4, -0.2) is 16.0 Å². The van der Waals surface area contributed by atoms with Crippen molar-refractivity contribution in [2.45, 2.75) is 13.3 Å². The van der Waals surface area contributed by atoms with Crippen LogP contribution in [-0.2, 0) is 6.42 Å². The Morgan fingerprint density at radius 3 is 2.67 bits per heavy atom. The molecule has 0 aliphatic heterocycles. The van der Waals surface area contributed by atoms with Gasteiger partial charge >= 0.3 is 5.97 Å². The van der Waals surface area contributed by atoms with Crippen LogP contribution in [0.4, 0.5) is 17.1 Å². The van der Waals surface area contributed by atoms with E-state index in [9.17, 15) is 14.9 Å². The first kappa shape index (κ1) is 14.5. The van der Waals surface area contributed by atoms with Gasteiger partial charge in [-0.3, -0.25) is 10.1 Å². The number of hydrogen-bond acceptors (Lipinski definition) is 4. The van der Waals surface area contributed by atoms with Gasteiger partial charge in [-0.25, -0.2) is 4.79 Å². The van der Waals surface area contributed by atoms with Gasteiger partial charge in [0, 0.05) is 11.8 Å². The summed E-state index contributed by atoms with van der Waals surface area (Å²) in [5.41, 5.74) is 1.70. The average molecular weight is 286 g/mol. The molecule has 2 N–H and O–H groups in total. The van der Waals surface area contributed by atoms with Gasteiger partial charge < -0.3 is 10.4 Å². The zero-order valence-corrected chi connectivity index (χ0v) is 11.4. The van der Waals surface area contributed by atoms with Crippen LogP contribution < -0.4 is 5.32 Å². The summed E-state index contributed by atoms with van der Waals surface area (Å²) in [4.78, 5) is 21.4. The highest BCUT2D eigenvalue weighted by atomic mass is 16.6. The molecule has 6 heteroatoms. The number of benzene rings is 2. The molecule has 0 aliphatic rings. The van der Waals surface area contributed by atoms with Crippen molar-refractivity contribution < 1.29 is 14.8 Å². The molecule has 0 fully saturated rings. The summed E-state index contributed by atoms with van der Waals surface area (Å²) in [6.07, 6.45) is 0.857. The molecule has 21 heavy (non-hydrogen) atoms. The third kappa shape index (κ3) is 3.36. The summed E-state index contributed by atoms with van der Waals surface area (Å²) in [6, 6.07) is 11.3. The first-order chi connectivity index (χ1) is 10.0. The van der Waals surface area contributed by atoms with Crippen molar-refractivity contribution in [1.82, 2.24) is 0 Å². The van der Waals surface area contributed by atoms with Crippen LogP contribution >= 0.6 is 0 Å². The van der Waals surface area contributed by atoms with Crippen molar-refractivity contribution in [3.8, 4) is 0 Å². The Balaban J connectivity index is 2.38. The fourth-order valence-electron chi connectivity index (χ4n) is 1.95. The molecule has 0 aromatic heterocycles. The van der Waals surface area contributed by atoms with E-state index in [1.54, 1.807) is 6.07 Å². The minimum Gasteiger partial charge on any atom is -0.478 e.